The number of likely N-dealkylation sites (tertiary alicyclic amines) is 1. The van der Waals surface area contributed by atoms with Gasteiger partial charge in [0.05, 0.1) is 34.9 Å². The fraction of sp³-hybridized carbons (Fsp3) is 0.458. The second-order valence-corrected chi connectivity index (χ2v) is 8.91. The Kier molecular flexibility index (Phi) is 7.82. The number of halogens is 3. The van der Waals surface area contributed by atoms with E-state index in [1.807, 2.05) is 17.8 Å². The zero-order chi connectivity index (χ0) is 25.7. The topological polar surface area (TPSA) is 87.5 Å². The van der Waals surface area contributed by atoms with E-state index in [-0.39, 0.29) is 24.6 Å². The van der Waals surface area contributed by atoms with E-state index in [4.69, 9.17) is 4.74 Å². The highest BCUT2D eigenvalue weighted by Crippen LogP contribution is 2.36. The maximum Gasteiger partial charge on any atom is 0.419 e. The second kappa shape index (κ2) is 11.0. The van der Waals surface area contributed by atoms with Crippen molar-refractivity contribution in [2.45, 2.75) is 38.4 Å². The Balaban J connectivity index is 1.42. The molecule has 0 aromatic carbocycles. The van der Waals surface area contributed by atoms with Gasteiger partial charge in [-0.15, -0.1) is 0 Å². The number of ether oxygens (including phenoxy) is 1. The van der Waals surface area contributed by atoms with Crippen molar-refractivity contribution in [3.05, 3.63) is 54.3 Å². The number of nitrogens with zero attached hydrogens (tertiary/aromatic N) is 5. The minimum Gasteiger partial charge on any atom is -0.418 e. The summed E-state index contributed by atoms with van der Waals surface area (Å²) in [5.74, 6) is 0.279. The Bertz CT molecular complexity index is 1120. The number of hydrogen-bond donors (Lipinski definition) is 2. The number of rotatable bonds is 8. The van der Waals surface area contributed by atoms with Crippen molar-refractivity contribution >= 4 is 23.3 Å². The molecule has 12 heteroatoms. The van der Waals surface area contributed by atoms with E-state index in [9.17, 15) is 18.0 Å². The Hall–Kier alpha value is -3.54. The molecule has 0 radical (unpaired) electrons. The molecule has 0 aliphatic carbocycles. The van der Waals surface area contributed by atoms with E-state index in [2.05, 4.69) is 32.7 Å². The summed E-state index contributed by atoms with van der Waals surface area (Å²) in [6.45, 7) is 4.35. The largest absolute Gasteiger partial charge is 0.419 e. The molecule has 0 spiro atoms. The van der Waals surface area contributed by atoms with Gasteiger partial charge in [0.15, 0.2) is 0 Å². The second-order valence-electron chi connectivity index (χ2n) is 8.91. The van der Waals surface area contributed by atoms with Gasteiger partial charge in [0.25, 0.3) is 0 Å². The number of aryl methyl sites for hydroxylation is 1. The quantitative estimate of drug-likeness (QED) is 0.494. The average molecular weight is 506 g/mol. The van der Waals surface area contributed by atoms with Crippen LogP contribution >= 0.6 is 0 Å². The van der Waals surface area contributed by atoms with E-state index in [1.165, 1.54) is 17.2 Å². The van der Waals surface area contributed by atoms with Gasteiger partial charge in [-0.25, -0.2) is 9.78 Å². The summed E-state index contributed by atoms with van der Waals surface area (Å²) in [6, 6.07) is 1.64. The Morgan fingerprint density at radius 2 is 1.97 bits per heavy atom. The first-order valence-electron chi connectivity index (χ1n) is 11.8. The van der Waals surface area contributed by atoms with Crippen molar-refractivity contribution in [2.24, 2.45) is 0 Å². The summed E-state index contributed by atoms with van der Waals surface area (Å²) >= 11 is 0. The first kappa shape index (κ1) is 25.5. The number of aromatic nitrogens is 3. The van der Waals surface area contributed by atoms with Crippen LogP contribution in [0.5, 0.6) is 0 Å². The molecule has 4 heterocycles. The number of pyridine rings is 1. The maximum atomic E-state index is 13.6. The SMILES string of the molecule is Cc1nn(C2CCN(C)CC2)cc1Nc1cc(NCCCN2C=CC=COC2=O)c(C(F)(F)F)cn1. The number of cyclic esters (lactones) is 1. The standard InChI is InChI=1S/C24H30F3N7O2/c1-17-21(16-34(31-17)18-6-11-32(2)12-7-18)30-22-14-20(19(15-29-22)24(25,26)27)28-8-5-10-33-9-3-4-13-36-23(33)35/h3-4,9,13-16,18H,5-8,10-12H2,1-2H3,(H2,28,29,30). The van der Waals surface area contributed by atoms with Crippen LogP contribution in [-0.2, 0) is 10.9 Å². The van der Waals surface area contributed by atoms with Gasteiger partial charge in [0.2, 0.25) is 0 Å². The lowest BCUT2D eigenvalue weighted by molar-refractivity contribution is -0.137. The Morgan fingerprint density at radius 1 is 1.19 bits per heavy atom. The molecular weight excluding hydrogens is 475 g/mol. The molecule has 2 aliphatic rings. The van der Waals surface area contributed by atoms with Gasteiger partial charge < -0.3 is 20.3 Å². The molecule has 2 aliphatic heterocycles. The maximum absolute atomic E-state index is 13.6. The fourth-order valence-corrected chi connectivity index (χ4v) is 4.15. The van der Waals surface area contributed by atoms with E-state index < -0.39 is 17.8 Å². The van der Waals surface area contributed by atoms with Crippen LogP contribution < -0.4 is 10.6 Å². The summed E-state index contributed by atoms with van der Waals surface area (Å²) in [7, 11) is 2.09. The van der Waals surface area contributed by atoms with Crippen molar-refractivity contribution in [1.82, 2.24) is 24.6 Å². The summed E-state index contributed by atoms with van der Waals surface area (Å²) in [5, 5.41) is 10.6. The van der Waals surface area contributed by atoms with Crippen molar-refractivity contribution in [3.8, 4) is 0 Å². The number of alkyl halides is 3. The number of hydrogen-bond acceptors (Lipinski definition) is 7. The highest BCUT2D eigenvalue weighted by molar-refractivity contribution is 5.70. The Labute approximate surface area is 207 Å². The highest BCUT2D eigenvalue weighted by Gasteiger charge is 2.34. The van der Waals surface area contributed by atoms with E-state index >= 15 is 0 Å². The van der Waals surface area contributed by atoms with Crippen LogP contribution in [0.4, 0.5) is 35.2 Å². The lowest BCUT2D eigenvalue weighted by atomic mass is 10.1. The van der Waals surface area contributed by atoms with Crippen LogP contribution in [0.15, 0.2) is 43.1 Å². The minimum atomic E-state index is -4.56. The van der Waals surface area contributed by atoms with Crippen molar-refractivity contribution in [3.63, 3.8) is 0 Å². The summed E-state index contributed by atoms with van der Waals surface area (Å²) in [6.07, 6.45) is 6.07. The lowest BCUT2D eigenvalue weighted by Gasteiger charge is -2.28. The molecule has 1 fully saturated rings. The lowest BCUT2D eigenvalue weighted by Crippen LogP contribution is -2.31. The van der Waals surface area contributed by atoms with Crippen molar-refractivity contribution in [1.29, 1.82) is 0 Å². The van der Waals surface area contributed by atoms with Crippen LogP contribution in [0.3, 0.4) is 0 Å². The van der Waals surface area contributed by atoms with Gasteiger partial charge in [0.1, 0.15) is 5.82 Å². The van der Waals surface area contributed by atoms with E-state index in [0.717, 1.165) is 37.8 Å². The molecule has 9 nitrogen and oxygen atoms in total. The molecule has 36 heavy (non-hydrogen) atoms. The van der Waals surface area contributed by atoms with Crippen LogP contribution in [0.1, 0.15) is 36.6 Å². The fourth-order valence-electron chi connectivity index (χ4n) is 4.15. The van der Waals surface area contributed by atoms with Crippen molar-refractivity contribution < 1.29 is 22.7 Å². The monoisotopic (exact) mass is 505 g/mol. The number of piperidine rings is 1. The predicted octanol–water partition coefficient (Wildman–Crippen LogP) is 4.90. The van der Waals surface area contributed by atoms with Gasteiger partial charge in [-0.1, -0.05) is 0 Å². The zero-order valence-electron chi connectivity index (χ0n) is 20.3. The Morgan fingerprint density at radius 3 is 2.72 bits per heavy atom. The zero-order valence-corrected chi connectivity index (χ0v) is 20.3. The summed E-state index contributed by atoms with van der Waals surface area (Å²) in [4.78, 5) is 19.5. The minimum absolute atomic E-state index is 0.0870. The number of carbonyl (C=O) groups excluding carboxylic acids is 1. The van der Waals surface area contributed by atoms with Gasteiger partial charge in [-0.2, -0.15) is 18.3 Å². The van der Waals surface area contributed by atoms with Crippen LogP contribution in [-0.4, -0.2) is 63.9 Å². The first-order chi connectivity index (χ1) is 17.2. The van der Waals surface area contributed by atoms with Crippen LogP contribution in [0, 0.1) is 6.92 Å². The van der Waals surface area contributed by atoms with Gasteiger partial charge in [0, 0.05) is 37.7 Å². The number of carbonyl (C=O) groups is 1. The molecular formula is C24H30F3N7O2. The third-order valence-electron chi connectivity index (χ3n) is 6.20. The van der Waals surface area contributed by atoms with Crippen LogP contribution in [0.25, 0.3) is 0 Å². The normalized spacial score (nSPS) is 17.2. The molecule has 4 rings (SSSR count). The molecule has 0 saturated carbocycles. The van der Waals surface area contributed by atoms with Gasteiger partial charge in [-0.3, -0.25) is 9.58 Å². The summed E-state index contributed by atoms with van der Waals surface area (Å²) in [5.41, 5.74) is 0.505. The third-order valence-corrected chi connectivity index (χ3v) is 6.20. The van der Waals surface area contributed by atoms with E-state index in [1.54, 1.807) is 18.4 Å². The average Bonchev–Trinajstić information content (AvgIpc) is 3.06. The van der Waals surface area contributed by atoms with Crippen LogP contribution in [0.2, 0.25) is 0 Å². The van der Waals surface area contributed by atoms with Crippen molar-refractivity contribution in [2.75, 3.05) is 43.9 Å². The smallest absolute Gasteiger partial charge is 0.418 e. The molecule has 0 atom stereocenters. The van der Waals surface area contributed by atoms with E-state index in [0.29, 0.717) is 18.2 Å². The number of nitrogens with one attached hydrogen (secondary N) is 2. The molecule has 0 bridgehead atoms. The molecule has 2 aromatic heterocycles. The number of allylic oxidation sites excluding steroid dienone is 2. The van der Waals surface area contributed by atoms with Gasteiger partial charge >= 0.3 is 12.3 Å². The molecule has 2 N–H and O–H groups in total. The third kappa shape index (κ3) is 6.36. The molecule has 0 unspecified atom stereocenters. The molecule has 194 valence electrons. The highest BCUT2D eigenvalue weighted by atomic mass is 19.4. The summed E-state index contributed by atoms with van der Waals surface area (Å²) < 4.78 is 47.6. The molecule has 2 aromatic rings. The first-order valence-corrected chi connectivity index (χ1v) is 11.8. The molecule has 1 saturated heterocycles. The number of amides is 1. The number of anilines is 3. The predicted molar refractivity (Wildman–Crippen MR) is 130 cm³/mol. The van der Waals surface area contributed by atoms with Gasteiger partial charge in [-0.05, 0) is 58.5 Å². The molecule has 1 amide bonds.